The number of benzene rings is 1. The predicted molar refractivity (Wildman–Crippen MR) is 102 cm³/mol. The van der Waals surface area contributed by atoms with Crippen molar-refractivity contribution in [2.75, 3.05) is 7.11 Å². The molecule has 0 amide bonds. The Morgan fingerprint density at radius 3 is 2.60 bits per heavy atom. The first-order chi connectivity index (χ1) is 12.2. The summed E-state index contributed by atoms with van der Waals surface area (Å²) in [6, 6.07) is 8.33. The molecular formula is C19H23N3O2S. The molecule has 0 saturated heterocycles. The lowest BCUT2D eigenvalue weighted by Crippen LogP contribution is -2.16. The summed E-state index contributed by atoms with van der Waals surface area (Å²) in [5.41, 5.74) is 1.88. The van der Waals surface area contributed by atoms with Crippen LogP contribution in [0.2, 0.25) is 0 Å². The molecule has 1 aliphatic heterocycles. The predicted octanol–water partition coefficient (Wildman–Crippen LogP) is 4.58. The molecule has 1 aliphatic carbocycles. The minimum atomic E-state index is -0.0213. The number of aromatic amines is 1. The van der Waals surface area contributed by atoms with Crippen LogP contribution in [-0.2, 0) is 0 Å². The zero-order valence-corrected chi connectivity index (χ0v) is 15.4. The fourth-order valence-corrected chi connectivity index (χ4v) is 4.93. The maximum atomic E-state index is 12.8. The van der Waals surface area contributed by atoms with Crippen molar-refractivity contribution >= 4 is 22.6 Å². The van der Waals surface area contributed by atoms with Gasteiger partial charge in [0.2, 0.25) is 0 Å². The lowest BCUT2D eigenvalue weighted by atomic mass is 9.95. The molecule has 2 aromatic rings. The molecule has 1 saturated carbocycles. The van der Waals surface area contributed by atoms with Crippen LogP contribution in [-0.4, -0.2) is 21.9 Å². The van der Waals surface area contributed by atoms with Crippen LogP contribution < -0.4 is 10.3 Å². The summed E-state index contributed by atoms with van der Waals surface area (Å²) >= 11 is 1.65. The van der Waals surface area contributed by atoms with Gasteiger partial charge in [-0.05, 0) is 37.5 Å². The normalized spacial score (nSPS) is 20.9. The first kappa shape index (κ1) is 16.5. The van der Waals surface area contributed by atoms with E-state index in [1.54, 1.807) is 18.9 Å². The third-order valence-electron chi connectivity index (χ3n) is 5.11. The number of fused-ring (bicyclic) bond motifs is 1. The maximum Gasteiger partial charge on any atom is 0.271 e. The molecule has 2 aliphatic rings. The minimum Gasteiger partial charge on any atom is -0.497 e. The van der Waals surface area contributed by atoms with E-state index in [0.29, 0.717) is 6.04 Å². The highest BCUT2D eigenvalue weighted by Gasteiger charge is 2.32. The molecule has 2 heterocycles. The summed E-state index contributed by atoms with van der Waals surface area (Å²) in [5.74, 6) is 1.65. The molecule has 132 valence electrons. The summed E-state index contributed by atoms with van der Waals surface area (Å²) in [4.78, 5) is 17.5. The Morgan fingerprint density at radius 1 is 1.20 bits per heavy atom. The highest BCUT2D eigenvalue weighted by Crippen LogP contribution is 2.45. The highest BCUT2D eigenvalue weighted by atomic mass is 32.2. The summed E-state index contributed by atoms with van der Waals surface area (Å²) in [5, 5.41) is 4.06. The number of aromatic nitrogens is 2. The van der Waals surface area contributed by atoms with Crippen molar-refractivity contribution in [3.8, 4) is 5.75 Å². The molecular weight excluding hydrogens is 334 g/mol. The summed E-state index contributed by atoms with van der Waals surface area (Å²) in [7, 11) is 1.66. The van der Waals surface area contributed by atoms with Crippen LogP contribution in [0.1, 0.15) is 61.4 Å². The van der Waals surface area contributed by atoms with Crippen LogP contribution in [0.4, 0.5) is 5.82 Å². The molecule has 0 radical (unpaired) electrons. The molecule has 0 unspecified atom stereocenters. The topological polar surface area (TPSA) is 59.4 Å². The van der Waals surface area contributed by atoms with Gasteiger partial charge in [-0.1, -0.05) is 43.2 Å². The SMILES string of the molecule is COc1ccc([C@@H]2SC(C)=Nc3c2c(=O)[nH]n3C2CCCCC2)cc1. The molecule has 1 atom stereocenters. The van der Waals surface area contributed by atoms with E-state index in [1.165, 1.54) is 19.3 Å². The third-order valence-corrected chi connectivity index (χ3v) is 6.28. The fourth-order valence-electron chi connectivity index (χ4n) is 3.83. The van der Waals surface area contributed by atoms with E-state index in [4.69, 9.17) is 9.73 Å². The fraction of sp³-hybridized carbons (Fsp3) is 0.474. The Kier molecular flexibility index (Phi) is 4.46. The van der Waals surface area contributed by atoms with Gasteiger partial charge in [-0.15, -0.1) is 0 Å². The Morgan fingerprint density at radius 2 is 1.92 bits per heavy atom. The van der Waals surface area contributed by atoms with E-state index in [1.807, 2.05) is 35.9 Å². The van der Waals surface area contributed by atoms with Gasteiger partial charge in [0.25, 0.3) is 5.56 Å². The van der Waals surface area contributed by atoms with E-state index in [0.717, 1.165) is 40.6 Å². The van der Waals surface area contributed by atoms with Gasteiger partial charge in [-0.3, -0.25) is 14.6 Å². The molecule has 1 aromatic carbocycles. The molecule has 1 fully saturated rings. The molecule has 5 nitrogen and oxygen atoms in total. The summed E-state index contributed by atoms with van der Waals surface area (Å²) in [6.45, 7) is 2.02. The minimum absolute atomic E-state index is 0.00913. The zero-order valence-electron chi connectivity index (χ0n) is 14.6. The monoisotopic (exact) mass is 357 g/mol. The molecule has 4 rings (SSSR count). The van der Waals surface area contributed by atoms with E-state index < -0.39 is 0 Å². The Hall–Kier alpha value is -1.95. The van der Waals surface area contributed by atoms with E-state index in [-0.39, 0.29) is 10.8 Å². The largest absolute Gasteiger partial charge is 0.497 e. The van der Waals surface area contributed by atoms with E-state index >= 15 is 0 Å². The summed E-state index contributed by atoms with van der Waals surface area (Å²) in [6.07, 6.45) is 5.97. The number of hydrogen-bond acceptors (Lipinski definition) is 4. The number of rotatable bonds is 3. The molecule has 25 heavy (non-hydrogen) atoms. The maximum absolute atomic E-state index is 12.8. The van der Waals surface area contributed by atoms with E-state index in [9.17, 15) is 4.79 Å². The Bertz CT molecular complexity index is 845. The van der Waals surface area contributed by atoms with Crippen molar-refractivity contribution in [3.63, 3.8) is 0 Å². The highest BCUT2D eigenvalue weighted by molar-refractivity contribution is 8.14. The van der Waals surface area contributed by atoms with Crippen LogP contribution >= 0.6 is 11.8 Å². The first-order valence-electron chi connectivity index (χ1n) is 8.87. The van der Waals surface area contributed by atoms with Crippen molar-refractivity contribution in [1.29, 1.82) is 0 Å². The van der Waals surface area contributed by atoms with Crippen LogP contribution in [0.5, 0.6) is 5.75 Å². The smallest absolute Gasteiger partial charge is 0.271 e. The van der Waals surface area contributed by atoms with Crippen molar-refractivity contribution in [2.24, 2.45) is 4.99 Å². The van der Waals surface area contributed by atoms with Gasteiger partial charge in [0.15, 0.2) is 5.82 Å². The second-order valence-electron chi connectivity index (χ2n) is 6.74. The van der Waals surface area contributed by atoms with Gasteiger partial charge in [0.1, 0.15) is 5.75 Å². The van der Waals surface area contributed by atoms with Gasteiger partial charge < -0.3 is 4.74 Å². The van der Waals surface area contributed by atoms with E-state index in [2.05, 4.69) is 5.10 Å². The Balaban J connectivity index is 1.77. The first-order valence-corrected chi connectivity index (χ1v) is 9.75. The molecule has 1 N–H and O–H groups in total. The van der Waals surface area contributed by atoms with Gasteiger partial charge in [0, 0.05) is 0 Å². The molecule has 0 spiro atoms. The van der Waals surface area contributed by atoms with Crippen LogP contribution in [0.25, 0.3) is 0 Å². The number of hydrogen-bond donors (Lipinski definition) is 1. The lowest BCUT2D eigenvalue weighted by Gasteiger charge is -2.26. The second-order valence-corrected chi connectivity index (χ2v) is 8.04. The number of ether oxygens (including phenoxy) is 1. The van der Waals surface area contributed by atoms with Gasteiger partial charge >= 0.3 is 0 Å². The standard InChI is InChI=1S/C19H23N3O2S/c1-12-20-18-16(17(25-12)13-8-10-15(24-2)11-9-13)19(23)21-22(18)14-6-4-3-5-7-14/h8-11,14,17H,3-7H2,1-2H3,(H,21,23)/t17-/m0/s1. The number of nitrogens with zero attached hydrogens (tertiary/aromatic N) is 2. The van der Waals surface area contributed by atoms with Crippen molar-refractivity contribution in [2.45, 2.75) is 50.3 Å². The van der Waals surface area contributed by atoms with Crippen LogP contribution in [0.3, 0.4) is 0 Å². The van der Waals surface area contributed by atoms with Crippen LogP contribution in [0.15, 0.2) is 34.1 Å². The zero-order chi connectivity index (χ0) is 17.4. The van der Waals surface area contributed by atoms with Crippen molar-refractivity contribution in [1.82, 2.24) is 9.78 Å². The average Bonchev–Trinajstić information content (AvgIpc) is 2.98. The van der Waals surface area contributed by atoms with Gasteiger partial charge in [-0.25, -0.2) is 4.99 Å². The van der Waals surface area contributed by atoms with Gasteiger partial charge in [0.05, 0.1) is 29.0 Å². The number of nitrogens with one attached hydrogen (secondary N) is 1. The van der Waals surface area contributed by atoms with Crippen molar-refractivity contribution < 1.29 is 4.74 Å². The van der Waals surface area contributed by atoms with Crippen molar-refractivity contribution in [3.05, 3.63) is 45.7 Å². The number of aliphatic imine (C=N–C) groups is 1. The number of thioether (sulfide) groups is 1. The molecule has 0 bridgehead atoms. The quantitative estimate of drug-likeness (QED) is 0.875. The Labute approximate surface area is 151 Å². The summed E-state index contributed by atoms with van der Waals surface area (Å²) < 4.78 is 7.29. The van der Waals surface area contributed by atoms with Gasteiger partial charge in [-0.2, -0.15) is 0 Å². The van der Waals surface area contributed by atoms with Crippen LogP contribution in [0, 0.1) is 0 Å². The molecule has 6 heteroatoms. The second kappa shape index (κ2) is 6.75. The lowest BCUT2D eigenvalue weighted by molar-refractivity contribution is 0.331. The molecule has 1 aromatic heterocycles. The third kappa shape index (κ3) is 3.03. The number of methoxy groups -OCH3 is 1. The number of H-pyrrole nitrogens is 1. The average molecular weight is 357 g/mol.